The lowest BCUT2D eigenvalue weighted by Crippen LogP contribution is -2.19. The molecule has 32 heavy (non-hydrogen) atoms. The smallest absolute Gasteiger partial charge is 0.355 e. The fraction of sp³-hybridized carbons (Fsp3) is 0.0952. The van der Waals surface area contributed by atoms with Gasteiger partial charge in [-0.05, 0) is 48.5 Å². The van der Waals surface area contributed by atoms with E-state index in [0.717, 1.165) is 6.07 Å². The Morgan fingerprint density at radius 3 is 2.47 bits per heavy atom. The Kier molecular flexibility index (Phi) is 5.62. The number of anilines is 4. The Morgan fingerprint density at radius 2 is 1.72 bits per heavy atom. The maximum absolute atomic E-state index is 13.1. The summed E-state index contributed by atoms with van der Waals surface area (Å²) in [7, 11) is 1.52. The molecule has 4 N–H and O–H groups in total. The van der Waals surface area contributed by atoms with E-state index in [1.54, 1.807) is 30.3 Å². The summed E-state index contributed by atoms with van der Waals surface area (Å²) in [5.74, 6) is -0.0253. The van der Waals surface area contributed by atoms with Crippen molar-refractivity contribution in [2.45, 2.75) is 6.18 Å². The molecule has 0 fully saturated rings. The normalized spacial score (nSPS) is 11.4. The number of imidazole rings is 1. The maximum atomic E-state index is 13.1. The van der Waals surface area contributed by atoms with Crippen molar-refractivity contribution >= 4 is 51.6 Å². The van der Waals surface area contributed by atoms with Crippen molar-refractivity contribution in [2.75, 3.05) is 17.7 Å². The van der Waals surface area contributed by atoms with Gasteiger partial charge in [0.15, 0.2) is 0 Å². The number of aromatic nitrogens is 3. The third-order valence-electron chi connectivity index (χ3n) is 4.52. The molecule has 0 atom stereocenters. The number of pyridine rings is 1. The van der Waals surface area contributed by atoms with Crippen molar-refractivity contribution in [1.29, 1.82) is 0 Å². The summed E-state index contributed by atoms with van der Waals surface area (Å²) in [4.78, 5) is 23.1. The lowest BCUT2D eigenvalue weighted by atomic mass is 10.2. The number of fused-ring (bicyclic) bond motifs is 1. The Hall–Kier alpha value is -3.79. The van der Waals surface area contributed by atoms with Gasteiger partial charge < -0.3 is 20.9 Å². The molecule has 0 aliphatic heterocycles. The van der Waals surface area contributed by atoms with Crippen molar-refractivity contribution in [2.24, 2.45) is 0 Å². The molecule has 4 rings (SSSR count). The molecule has 2 heterocycles. The predicted octanol–water partition coefficient (Wildman–Crippen LogP) is 5.48. The summed E-state index contributed by atoms with van der Waals surface area (Å²) < 4.78 is 39.2. The largest absolute Gasteiger partial charge is 0.417 e. The molecule has 7 nitrogen and oxygen atoms in total. The van der Waals surface area contributed by atoms with Crippen LogP contribution in [0.5, 0.6) is 0 Å². The molecule has 0 bridgehead atoms. The first-order valence-electron chi connectivity index (χ1n) is 9.31. The number of hydrogen-bond acceptors (Lipinski definition) is 5. The third kappa shape index (κ3) is 4.59. The number of carbonyl (C=O) groups is 1. The van der Waals surface area contributed by atoms with E-state index in [2.05, 4.69) is 30.9 Å². The number of halogens is 4. The van der Waals surface area contributed by atoms with E-state index in [9.17, 15) is 18.0 Å². The molecule has 2 aromatic carbocycles. The minimum absolute atomic E-state index is 0.192. The van der Waals surface area contributed by atoms with Crippen LogP contribution in [0.1, 0.15) is 16.1 Å². The number of benzene rings is 2. The highest BCUT2D eigenvalue weighted by atomic mass is 35.5. The number of nitrogens with one attached hydrogen (secondary N) is 4. The van der Waals surface area contributed by atoms with Gasteiger partial charge in [0.25, 0.3) is 5.91 Å². The first kappa shape index (κ1) is 21.4. The highest BCUT2D eigenvalue weighted by molar-refractivity contribution is 6.31. The van der Waals surface area contributed by atoms with E-state index in [-0.39, 0.29) is 28.3 Å². The molecule has 0 saturated heterocycles. The van der Waals surface area contributed by atoms with E-state index >= 15 is 0 Å². The van der Waals surface area contributed by atoms with Crippen molar-refractivity contribution < 1.29 is 18.0 Å². The number of carbonyl (C=O) groups excluding carboxylic acids is 1. The lowest BCUT2D eigenvalue weighted by molar-refractivity contribution is -0.137. The van der Waals surface area contributed by atoms with Crippen LogP contribution in [0.25, 0.3) is 11.0 Å². The fourth-order valence-corrected chi connectivity index (χ4v) is 3.26. The van der Waals surface area contributed by atoms with Crippen LogP contribution in [0.15, 0.2) is 54.7 Å². The zero-order valence-corrected chi connectivity index (χ0v) is 17.3. The second-order valence-electron chi connectivity index (χ2n) is 6.77. The van der Waals surface area contributed by atoms with Crippen LogP contribution < -0.4 is 16.0 Å². The summed E-state index contributed by atoms with van der Waals surface area (Å²) in [5, 5.41) is 8.15. The summed E-state index contributed by atoms with van der Waals surface area (Å²) >= 11 is 5.66. The van der Waals surface area contributed by atoms with Crippen molar-refractivity contribution in [3.8, 4) is 0 Å². The summed E-state index contributed by atoms with van der Waals surface area (Å²) in [6.45, 7) is 0. The fourth-order valence-electron chi connectivity index (χ4n) is 3.03. The molecule has 11 heteroatoms. The Labute approximate surface area is 185 Å². The van der Waals surface area contributed by atoms with Gasteiger partial charge in [-0.3, -0.25) is 9.78 Å². The lowest BCUT2D eigenvalue weighted by Gasteiger charge is -2.11. The zero-order chi connectivity index (χ0) is 22.9. The Morgan fingerprint density at radius 1 is 1.00 bits per heavy atom. The van der Waals surface area contributed by atoms with Crippen LogP contribution in [-0.4, -0.2) is 27.9 Å². The van der Waals surface area contributed by atoms with E-state index in [0.29, 0.717) is 22.4 Å². The highest BCUT2D eigenvalue weighted by Gasteiger charge is 2.33. The summed E-state index contributed by atoms with van der Waals surface area (Å²) in [6, 6.07) is 12.2. The quantitative estimate of drug-likeness (QED) is 0.316. The van der Waals surface area contributed by atoms with E-state index in [4.69, 9.17) is 11.6 Å². The van der Waals surface area contributed by atoms with Crippen molar-refractivity contribution in [3.05, 3.63) is 71.0 Å². The Bertz CT molecular complexity index is 1300. The summed E-state index contributed by atoms with van der Waals surface area (Å²) in [6.07, 6.45) is -3.04. The Balaban J connectivity index is 1.56. The molecule has 4 aromatic rings. The molecule has 0 radical (unpaired) electrons. The zero-order valence-electron chi connectivity index (χ0n) is 16.5. The highest BCUT2D eigenvalue weighted by Crippen LogP contribution is 2.36. The molecule has 0 spiro atoms. The number of alkyl halides is 3. The SMILES string of the molecule is CNC(=O)c1cc(Nc2ccc3nc(Nc4ccc(Cl)c(C(F)(F)F)c4)[nH]c3c2)ccn1. The molecule has 0 aliphatic rings. The molecule has 0 saturated carbocycles. The second-order valence-corrected chi connectivity index (χ2v) is 7.18. The number of aromatic amines is 1. The van der Waals surface area contributed by atoms with Gasteiger partial charge in [0.2, 0.25) is 5.95 Å². The number of nitrogens with zero attached hydrogens (tertiary/aromatic N) is 2. The monoisotopic (exact) mass is 460 g/mol. The van der Waals surface area contributed by atoms with E-state index in [1.165, 1.54) is 25.4 Å². The molecule has 2 aromatic heterocycles. The first-order valence-corrected chi connectivity index (χ1v) is 9.69. The minimum Gasteiger partial charge on any atom is -0.355 e. The van der Waals surface area contributed by atoms with Crippen molar-refractivity contribution in [1.82, 2.24) is 20.3 Å². The summed E-state index contributed by atoms with van der Waals surface area (Å²) in [5.41, 5.74) is 2.18. The van der Waals surface area contributed by atoms with Gasteiger partial charge in [-0.25, -0.2) is 4.98 Å². The van der Waals surface area contributed by atoms with Crippen LogP contribution in [-0.2, 0) is 6.18 Å². The molecular weight excluding hydrogens is 445 g/mol. The average Bonchev–Trinajstić information content (AvgIpc) is 3.15. The van der Waals surface area contributed by atoms with Gasteiger partial charge in [0, 0.05) is 30.3 Å². The van der Waals surface area contributed by atoms with Crippen LogP contribution in [0.2, 0.25) is 5.02 Å². The van der Waals surface area contributed by atoms with Crippen LogP contribution >= 0.6 is 11.6 Å². The van der Waals surface area contributed by atoms with Crippen LogP contribution in [0, 0.1) is 0 Å². The topological polar surface area (TPSA) is 94.7 Å². The molecule has 0 unspecified atom stereocenters. The van der Waals surface area contributed by atoms with Gasteiger partial charge in [0.05, 0.1) is 21.6 Å². The van der Waals surface area contributed by atoms with Gasteiger partial charge >= 0.3 is 6.18 Å². The van der Waals surface area contributed by atoms with Gasteiger partial charge in [0.1, 0.15) is 5.69 Å². The number of H-pyrrole nitrogens is 1. The molecule has 1 amide bonds. The first-order chi connectivity index (χ1) is 15.2. The van der Waals surface area contributed by atoms with E-state index in [1.807, 2.05) is 0 Å². The standard InChI is InChI=1S/C21H16ClF3N6O/c1-26-19(32)18-10-13(6-7-27-18)28-12-3-5-16-17(9-12)31-20(30-16)29-11-2-4-15(22)14(8-11)21(23,24)25/h2-10H,1H3,(H,26,32)(H,27,28)(H2,29,30,31). The third-order valence-corrected chi connectivity index (χ3v) is 4.85. The number of rotatable bonds is 5. The van der Waals surface area contributed by atoms with Gasteiger partial charge in [-0.15, -0.1) is 0 Å². The van der Waals surface area contributed by atoms with Crippen LogP contribution in [0.4, 0.5) is 36.2 Å². The minimum atomic E-state index is -4.56. The number of hydrogen-bond donors (Lipinski definition) is 4. The predicted molar refractivity (Wildman–Crippen MR) is 117 cm³/mol. The van der Waals surface area contributed by atoms with Crippen LogP contribution in [0.3, 0.4) is 0 Å². The molecule has 0 aliphatic carbocycles. The van der Waals surface area contributed by atoms with Crippen molar-refractivity contribution in [3.63, 3.8) is 0 Å². The van der Waals surface area contributed by atoms with Gasteiger partial charge in [-0.1, -0.05) is 11.6 Å². The van der Waals surface area contributed by atoms with E-state index < -0.39 is 11.7 Å². The van der Waals surface area contributed by atoms with Gasteiger partial charge in [-0.2, -0.15) is 13.2 Å². The maximum Gasteiger partial charge on any atom is 0.417 e. The molecular formula is C21H16ClF3N6O. The second kappa shape index (κ2) is 8.39. The molecule has 164 valence electrons. The average molecular weight is 461 g/mol. The number of amides is 1.